The van der Waals surface area contributed by atoms with Crippen LogP contribution in [0.3, 0.4) is 0 Å². The monoisotopic (exact) mass is 210 g/mol. The lowest BCUT2D eigenvalue weighted by atomic mass is 10.0. The number of hydrogen-bond acceptors (Lipinski definition) is 0. The molecule has 0 bridgehead atoms. The van der Waals surface area contributed by atoms with Gasteiger partial charge in [0.05, 0.1) is 25.7 Å². The largest absolute Gasteiger partial charge is 0.321 e. The van der Waals surface area contributed by atoms with E-state index >= 15 is 0 Å². The number of hydrogen-bond donors (Lipinski definition) is 0. The van der Waals surface area contributed by atoms with Crippen LogP contribution in [0.25, 0.3) is 0 Å². The fourth-order valence-corrected chi connectivity index (χ4v) is 3.62. The van der Waals surface area contributed by atoms with Crippen LogP contribution in [0.4, 0.5) is 0 Å². The summed E-state index contributed by atoms with van der Waals surface area (Å²) in [5, 5.41) is 0. The van der Waals surface area contributed by atoms with Gasteiger partial charge in [0, 0.05) is 0 Å². The molecule has 0 saturated carbocycles. The van der Waals surface area contributed by atoms with Crippen molar-refractivity contribution in [1.82, 2.24) is 0 Å². The highest BCUT2D eigenvalue weighted by atomic mass is 15.4. The van der Waals surface area contributed by atoms with Crippen molar-refractivity contribution in [3.05, 3.63) is 0 Å². The van der Waals surface area contributed by atoms with Gasteiger partial charge in [-0.1, -0.05) is 6.92 Å². The molecule has 0 aliphatic carbocycles. The Balaban J connectivity index is 2.07. The van der Waals surface area contributed by atoms with Gasteiger partial charge in [-0.05, 0) is 57.8 Å². The van der Waals surface area contributed by atoms with Crippen molar-refractivity contribution in [3.8, 4) is 0 Å². The minimum atomic E-state index is 0.938. The van der Waals surface area contributed by atoms with E-state index in [1.54, 1.807) is 0 Å². The molecule has 0 amide bonds. The van der Waals surface area contributed by atoms with E-state index < -0.39 is 0 Å². The molecule has 0 N–H and O–H groups in total. The first-order chi connectivity index (χ1) is 7.23. The molecule has 2 aliphatic heterocycles. The highest BCUT2D eigenvalue weighted by molar-refractivity contribution is 4.67. The molecule has 0 radical (unpaired) electrons. The van der Waals surface area contributed by atoms with E-state index in [9.17, 15) is 0 Å². The van der Waals surface area contributed by atoms with Gasteiger partial charge in [0.1, 0.15) is 0 Å². The smallest absolute Gasteiger partial charge is 0.0861 e. The minimum Gasteiger partial charge on any atom is -0.321 e. The third kappa shape index (κ3) is 2.55. The van der Waals surface area contributed by atoms with Gasteiger partial charge in [0.2, 0.25) is 0 Å². The van der Waals surface area contributed by atoms with Gasteiger partial charge < -0.3 is 4.48 Å². The lowest BCUT2D eigenvalue weighted by molar-refractivity contribution is -0.948. The van der Waals surface area contributed by atoms with Crippen LogP contribution in [0.15, 0.2) is 0 Å². The van der Waals surface area contributed by atoms with Crippen LogP contribution in [-0.4, -0.2) is 30.2 Å². The predicted octanol–water partition coefficient (Wildman–Crippen LogP) is 3.59. The zero-order valence-corrected chi connectivity index (χ0v) is 10.7. The van der Waals surface area contributed by atoms with Gasteiger partial charge in [-0.2, -0.15) is 0 Å². The molecule has 1 spiro atoms. The molecule has 2 atom stereocenters. The Hall–Kier alpha value is -0.0400. The number of nitrogens with zero attached hydrogens (tertiary/aromatic N) is 1. The van der Waals surface area contributed by atoms with Crippen molar-refractivity contribution in [2.45, 2.75) is 64.8 Å². The molecule has 0 aromatic rings. The molecule has 2 rings (SSSR count). The molecule has 0 aromatic heterocycles. The molecule has 2 unspecified atom stereocenters. The van der Waals surface area contributed by atoms with Crippen LogP contribution in [0.2, 0.25) is 0 Å². The number of rotatable bonds is 0. The second kappa shape index (κ2) is 4.86. The van der Waals surface area contributed by atoms with Crippen LogP contribution in [0.1, 0.15) is 58.8 Å². The van der Waals surface area contributed by atoms with Crippen LogP contribution in [-0.2, 0) is 0 Å². The quantitative estimate of drug-likeness (QED) is 0.536. The molecule has 2 heterocycles. The topological polar surface area (TPSA) is 0 Å². The molecule has 1 heteroatoms. The minimum absolute atomic E-state index is 0.938. The Morgan fingerprint density at radius 3 is 2.07 bits per heavy atom. The van der Waals surface area contributed by atoms with Gasteiger partial charge in [-0.3, -0.25) is 0 Å². The maximum atomic E-state index is 2.52. The summed E-state index contributed by atoms with van der Waals surface area (Å²) in [5.41, 5.74) is 0. The van der Waals surface area contributed by atoms with E-state index in [1.807, 2.05) is 0 Å². The molecule has 1 nitrogen and oxygen atoms in total. The fraction of sp³-hybridized carbons (Fsp3) is 1.00. The van der Waals surface area contributed by atoms with Gasteiger partial charge in [0.15, 0.2) is 0 Å². The van der Waals surface area contributed by atoms with E-state index in [4.69, 9.17) is 0 Å². The summed E-state index contributed by atoms with van der Waals surface area (Å²) in [6.45, 7) is 9.40. The summed E-state index contributed by atoms with van der Waals surface area (Å²) >= 11 is 0. The van der Waals surface area contributed by atoms with Crippen LogP contribution >= 0.6 is 0 Å². The second-order valence-electron chi connectivity index (χ2n) is 6.12. The van der Waals surface area contributed by atoms with Crippen LogP contribution in [0.5, 0.6) is 0 Å². The van der Waals surface area contributed by atoms with Crippen LogP contribution < -0.4 is 0 Å². The summed E-state index contributed by atoms with van der Waals surface area (Å²) in [5.74, 6) is 0.980. The first kappa shape index (κ1) is 11.4. The molecular formula is C14H28N+. The van der Waals surface area contributed by atoms with Crippen molar-refractivity contribution in [3.63, 3.8) is 0 Å². The first-order valence-corrected chi connectivity index (χ1v) is 7.09. The van der Waals surface area contributed by atoms with E-state index in [-0.39, 0.29) is 0 Å². The average molecular weight is 210 g/mol. The molecule has 15 heavy (non-hydrogen) atoms. The maximum absolute atomic E-state index is 2.52. The standard InChI is InChI=1S/C14H28N/c1-13-7-8-14(2)15(12-9-13)10-5-3-4-6-11-15/h13-14H,3-12H2,1-2H3/q+1. The zero-order valence-electron chi connectivity index (χ0n) is 10.7. The van der Waals surface area contributed by atoms with Gasteiger partial charge in [-0.15, -0.1) is 0 Å². The Morgan fingerprint density at radius 1 is 0.733 bits per heavy atom. The normalized spacial score (nSPS) is 37.2. The zero-order chi connectivity index (χ0) is 10.7. The van der Waals surface area contributed by atoms with E-state index in [1.165, 1.54) is 69.1 Å². The third-order valence-electron chi connectivity index (χ3n) is 5.04. The summed E-state index contributed by atoms with van der Waals surface area (Å²) in [6.07, 6.45) is 10.4. The van der Waals surface area contributed by atoms with Gasteiger partial charge in [-0.25, -0.2) is 0 Å². The summed E-state index contributed by atoms with van der Waals surface area (Å²) in [4.78, 5) is 0. The highest BCUT2D eigenvalue weighted by Gasteiger charge is 2.36. The van der Waals surface area contributed by atoms with Crippen molar-refractivity contribution in [1.29, 1.82) is 0 Å². The molecule has 0 aromatic carbocycles. The summed E-state index contributed by atoms with van der Waals surface area (Å²) in [7, 11) is 0. The van der Waals surface area contributed by atoms with E-state index in [0.29, 0.717) is 0 Å². The SMILES string of the molecule is CC1CCC(C)[N+]2(CCCCCC2)CC1. The van der Waals surface area contributed by atoms with Crippen molar-refractivity contribution in [2.24, 2.45) is 5.92 Å². The Bertz CT molecular complexity index is 192. The average Bonchev–Trinajstić information content (AvgIpc) is 2.55. The third-order valence-corrected chi connectivity index (χ3v) is 5.04. The summed E-state index contributed by atoms with van der Waals surface area (Å²) < 4.78 is 1.48. The highest BCUT2D eigenvalue weighted by Crippen LogP contribution is 2.31. The van der Waals surface area contributed by atoms with E-state index in [2.05, 4.69) is 13.8 Å². The van der Waals surface area contributed by atoms with Crippen molar-refractivity contribution >= 4 is 0 Å². The molecule has 2 fully saturated rings. The van der Waals surface area contributed by atoms with Gasteiger partial charge >= 0.3 is 0 Å². The number of quaternary nitrogens is 1. The van der Waals surface area contributed by atoms with Gasteiger partial charge in [0.25, 0.3) is 0 Å². The first-order valence-electron chi connectivity index (χ1n) is 7.09. The second-order valence-corrected chi connectivity index (χ2v) is 6.12. The molecule has 2 aliphatic rings. The Morgan fingerprint density at radius 2 is 1.40 bits per heavy atom. The Labute approximate surface area is 95.4 Å². The fourth-order valence-electron chi connectivity index (χ4n) is 3.62. The van der Waals surface area contributed by atoms with Crippen LogP contribution in [0, 0.1) is 5.92 Å². The van der Waals surface area contributed by atoms with Crippen molar-refractivity contribution < 1.29 is 4.48 Å². The molecular weight excluding hydrogens is 182 g/mol. The maximum Gasteiger partial charge on any atom is 0.0861 e. The van der Waals surface area contributed by atoms with Crippen molar-refractivity contribution in [2.75, 3.05) is 19.6 Å². The lowest BCUT2D eigenvalue weighted by Crippen LogP contribution is -2.54. The lowest BCUT2D eigenvalue weighted by Gasteiger charge is -2.42. The Kier molecular flexibility index (Phi) is 3.71. The molecule has 2 saturated heterocycles. The molecule has 88 valence electrons. The van der Waals surface area contributed by atoms with E-state index in [0.717, 1.165) is 12.0 Å². The predicted molar refractivity (Wildman–Crippen MR) is 65.8 cm³/mol. The summed E-state index contributed by atoms with van der Waals surface area (Å²) in [6, 6.07) is 0.938.